The van der Waals surface area contributed by atoms with Gasteiger partial charge in [0.2, 0.25) is 0 Å². The van der Waals surface area contributed by atoms with Crippen LogP contribution in [0.3, 0.4) is 0 Å². The van der Waals surface area contributed by atoms with E-state index in [2.05, 4.69) is 5.32 Å². The van der Waals surface area contributed by atoms with Gasteiger partial charge in [-0.1, -0.05) is 0 Å². The molecule has 2 rings (SSSR count). The summed E-state index contributed by atoms with van der Waals surface area (Å²) in [5, 5.41) is 12.1. The van der Waals surface area contributed by atoms with Gasteiger partial charge >= 0.3 is 6.18 Å². The topological polar surface area (TPSA) is 39.1 Å². The highest BCUT2D eigenvalue weighted by Gasteiger charge is 2.33. The average Bonchev–Trinajstić information content (AvgIpc) is 2.44. The predicted octanol–water partition coefficient (Wildman–Crippen LogP) is 3.55. The zero-order valence-electron chi connectivity index (χ0n) is 12.1. The predicted molar refractivity (Wildman–Crippen MR) is 83.3 cm³/mol. The normalized spacial score (nSPS) is 16.7. The van der Waals surface area contributed by atoms with Gasteiger partial charge in [-0.25, -0.2) is 4.39 Å². The number of nitrogens with one attached hydrogen (secondary N) is 1. The molecule has 1 heterocycles. The standard InChI is InChI=1S/C14H15F4N3.2ClH/c15-12-8-10(7-11(9-12)14(16,17)18)13(1-2-19)21-5-3-20-4-6-21;;/h7-9,13,20H,1,3-6H2;2*1H/t13-;;/m1../s1. The molecule has 0 aromatic heterocycles. The van der Waals surface area contributed by atoms with Gasteiger partial charge in [0.05, 0.1) is 18.1 Å². The van der Waals surface area contributed by atoms with Crippen molar-refractivity contribution in [3.05, 3.63) is 35.1 Å². The van der Waals surface area contributed by atoms with Crippen LogP contribution in [0.25, 0.3) is 0 Å². The Morgan fingerprint density at radius 2 is 1.78 bits per heavy atom. The minimum atomic E-state index is -4.60. The highest BCUT2D eigenvalue weighted by Crippen LogP contribution is 2.33. The second-order valence-corrected chi connectivity index (χ2v) is 4.94. The zero-order valence-corrected chi connectivity index (χ0v) is 13.7. The molecule has 0 aliphatic carbocycles. The molecule has 1 atom stereocenters. The molecule has 23 heavy (non-hydrogen) atoms. The summed E-state index contributed by atoms with van der Waals surface area (Å²) in [7, 11) is 0. The van der Waals surface area contributed by atoms with Gasteiger partial charge in [-0.05, 0) is 23.8 Å². The molecule has 1 saturated heterocycles. The first kappa shape index (κ1) is 21.9. The van der Waals surface area contributed by atoms with E-state index in [1.807, 2.05) is 11.0 Å². The molecule has 0 radical (unpaired) electrons. The van der Waals surface area contributed by atoms with Crippen molar-refractivity contribution < 1.29 is 17.6 Å². The van der Waals surface area contributed by atoms with Crippen molar-refractivity contribution in [1.82, 2.24) is 10.2 Å². The van der Waals surface area contributed by atoms with Crippen molar-refractivity contribution in [2.75, 3.05) is 26.2 Å². The minimum absolute atomic E-state index is 0. The Labute approximate surface area is 144 Å². The molecule has 1 N–H and O–H groups in total. The lowest BCUT2D eigenvalue weighted by Gasteiger charge is -2.34. The van der Waals surface area contributed by atoms with Gasteiger partial charge in [0.15, 0.2) is 0 Å². The summed E-state index contributed by atoms with van der Waals surface area (Å²) < 4.78 is 51.9. The van der Waals surface area contributed by atoms with Crippen molar-refractivity contribution in [3.63, 3.8) is 0 Å². The third-order valence-electron chi connectivity index (χ3n) is 3.51. The summed E-state index contributed by atoms with van der Waals surface area (Å²) in [5.74, 6) is -0.933. The lowest BCUT2D eigenvalue weighted by molar-refractivity contribution is -0.137. The lowest BCUT2D eigenvalue weighted by Crippen LogP contribution is -2.45. The molecule has 9 heteroatoms. The lowest BCUT2D eigenvalue weighted by atomic mass is 9.99. The molecule has 0 bridgehead atoms. The number of rotatable bonds is 3. The smallest absolute Gasteiger partial charge is 0.314 e. The van der Waals surface area contributed by atoms with Crippen LogP contribution >= 0.6 is 24.8 Å². The van der Waals surface area contributed by atoms with Crippen LogP contribution in [0, 0.1) is 17.1 Å². The van der Waals surface area contributed by atoms with Gasteiger partial charge in [0.25, 0.3) is 0 Å². The van der Waals surface area contributed by atoms with Crippen LogP contribution in [0.2, 0.25) is 0 Å². The van der Waals surface area contributed by atoms with E-state index in [1.165, 1.54) is 0 Å². The molecule has 1 aromatic rings. The second kappa shape index (κ2) is 9.28. The molecule has 0 spiro atoms. The molecule has 0 unspecified atom stereocenters. The van der Waals surface area contributed by atoms with E-state index in [4.69, 9.17) is 5.26 Å². The number of halogens is 6. The van der Waals surface area contributed by atoms with Gasteiger partial charge in [-0.3, -0.25) is 4.90 Å². The van der Waals surface area contributed by atoms with Crippen LogP contribution in [0.15, 0.2) is 18.2 Å². The monoisotopic (exact) mass is 373 g/mol. The van der Waals surface area contributed by atoms with Crippen LogP contribution in [0.1, 0.15) is 23.6 Å². The highest BCUT2D eigenvalue weighted by atomic mass is 35.5. The largest absolute Gasteiger partial charge is 0.416 e. The number of piperazine rings is 1. The summed E-state index contributed by atoms with van der Waals surface area (Å²) in [6, 6.07) is 3.95. The van der Waals surface area contributed by atoms with Crippen LogP contribution in [-0.4, -0.2) is 31.1 Å². The Bertz CT molecular complexity index is 540. The van der Waals surface area contributed by atoms with Crippen molar-refractivity contribution in [2.45, 2.75) is 18.6 Å². The Kier molecular flexibility index (Phi) is 8.85. The highest BCUT2D eigenvalue weighted by molar-refractivity contribution is 5.85. The van der Waals surface area contributed by atoms with Crippen LogP contribution in [-0.2, 0) is 6.18 Å². The first-order chi connectivity index (χ1) is 9.91. The number of nitriles is 1. The van der Waals surface area contributed by atoms with Crippen LogP contribution in [0.4, 0.5) is 17.6 Å². The van der Waals surface area contributed by atoms with E-state index in [9.17, 15) is 17.6 Å². The average molecular weight is 374 g/mol. The quantitative estimate of drug-likeness (QED) is 0.823. The molecule has 1 aliphatic rings. The number of alkyl halides is 3. The fourth-order valence-electron chi connectivity index (χ4n) is 2.51. The number of hydrogen-bond donors (Lipinski definition) is 1. The molecule has 1 aliphatic heterocycles. The summed E-state index contributed by atoms with van der Waals surface area (Å²) in [5.41, 5.74) is -0.818. The first-order valence-electron chi connectivity index (χ1n) is 6.61. The molecule has 0 saturated carbocycles. The third-order valence-corrected chi connectivity index (χ3v) is 3.51. The molecular weight excluding hydrogens is 357 g/mol. The van der Waals surface area contributed by atoms with Gasteiger partial charge in [-0.15, -0.1) is 24.8 Å². The summed E-state index contributed by atoms with van der Waals surface area (Å²) >= 11 is 0. The van der Waals surface area contributed by atoms with Gasteiger partial charge in [0.1, 0.15) is 5.82 Å². The van der Waals surface area contributed by atoms with E-state index in [0.29, 0.717) is 32.2 Å². The molecular formula is C14H17Cl2F4N3. The maximum Gasteiger partial charge on any atom is 0.416 e. The Balaban J connectivity index is 0.00000242. The fraction of sp³-hybridized carbons (Fsp3) is 0.500. The van der Waals surface area contributed by atoms with E-state index < -0.39 is 23.6 Å². The van der Waals surface area contributed by atoms with Crippen molar-refractivity contribution in [2.24, 2.45) is 0 Å². The fourth-order valence-corrected chi connectivity index (χ4v) is 2.51. The van der Waals surface area contributed by atoms with Crippen molar-refractivity contribution in [1.29, 1.82) is 5.26 Å². The van der Waals surface area contributed by atoms with Crippen molar-refractivity contribution >= 4 is 24.8 Å². The molecule has 1 aromatic carbocycles. The van der Waals surface area contributed by atoms with E-state index >= 15 is 0 Å². The maximum atomic E-state index is 13.5. The van der Waals surface area contributed by atoms with Crippen molar-refractivity contribution in [3.8, 4) is 6.07 Å². The van der Waals surface area contributed by atoms with E-state index in [1.54, 1.807) is 0 Å². The SMILES string of the molecule is Cl.Cl.N#CC[C@H](c1cc(F)cc(C(F)(F)F)c1)N1CCNCC1. The maximum absolute atomic E-state index is 13.5. The molecule has 130 valence electrons. The van der Waals surface area contributed by atoms with E-state index in [0.717, 1.165) is 12.1 Å². The van der Waals surface area contributed by atoms with Gasteiger partial charge in [-0.2, -0.15) is 18.4 Å². The molecule has 1 fully saturated rings. The Morgan fingerprint density at radius 1 is 1.17 bits per heavy atom. The summed E-state index contributed by atoms with van der Waals surface area (Å²) in [4.78, 5) is 1.91. The third kappa shape index (κ3) is 5.81. The minimum Gasteiger partial charge on any atom is -0.314 e. The second-order valence-electron chi connectivity index (χ2n) is 4.94. The molecule has 0 amide bonds. The summed E-state index contributed by atoms with van der Waals surface area (Å²) in [6.45, 7) is 2.63. The Morgan fingerprint density at radius 3 is 2.30 bits per heavy atom. The Hall–Kier alpha value is -1.07. The molecule has 3 nitrogen and oxygen atoms in total. The van der Waals surface area contributed by atoms with E-state index in [-0.39, 0.29) is 36.8 Å². The number of benzene rings is 1. The number of hydrogen-bond acceptors (Lipinski definition) is 3. The summed E-state index contributed by atoms with van der Waals surface area (Å²) in [6.07, 6.45) is -4.57. The number of nitrogens with zero attached hydrogens (tertiary/aromatic N) is 2. The zero-order chi connectivity index (χ0) is 15.5. The first-order valence-corrected chi connectivity index (χ1v) is 6.61. The van der Waals surface area contributed by atoms with Crippen LogP contribution in [0.5, 0.6) is 0 Å². The van der Waals surface area contributed by atoms with Crippen LogP contribution < -0.4 is 5.32 Å². The van der Waals surface area contributed by atoms with Gasteiger partial charge < -0.3 is 5.32 Å². The van der Waals surface area contributed by atoms with Gasteiger partial charge in [0, 0.05) is 32.2 Å².